The third kappa shape index (κ3) is 2.65. The summed E-state index contributed by atoms with van der Waals surface area (Å²) in [4.78, 5) is 10.3. The van der Waals surface area contributed by atoms with Gasteiger partial charge in [0.15, 0.2) is 0 Å². The van der Waals surface area contributed by atoms with Gasteiger partial charge < -0.3 is 4.57 Å². The van der Waals surface area contributed by atoms with Gasteiger partial charge in [-0.3, -0.25) is 10.1 Å². The number of fused-ring (bicyclic) bond motifs is 1. The molecule has 0 amide bonds. The number of nitro groups is 1. The SMILES string of the molecule is Cc1cccc2c1ccn2CCc1ccc([N+](=O)[O-])cc1. The summed E-state index contributed by atoms with van der Waals surface area (Å²) in [6, 6.07) is 15.2. The number of benzene rings is 2. The monoisotopic (exact) mass is 280 g/mol. The van der Waals surface area contributed by atoms with E-state index in [0.29, 0.717) is 0 Å². The summed E-state index contributed by atoms with van der Waals surface area (Å²) in [5.41, 5.74) is 3.76. The van der Waals surface area contributed by atoms with Crippen molar-refractivity contribution in [1.82, 2.24) is 4.57 Å². The maximum absolute atomic E-state index is 10.6. The highest BCUT2D eigenvalue weighted by atomic mass is 16.6. The molecule has 0 bridgehead atoms. The number of nitro benzene ring substituents is 1. The van der Waals surface area contributed by atoms with Crippen molar-refractivity contribution in [2.45, 2.75) is 19.9 Å². The van der Waals surface area contributed by atoms with E-state index >= 15 is 0 Å². The number of non-ortho nitro benzene ring substituents is 1. The molecule has 4 nitrogen and oxygen atoms in total. The Morgan fingerprint density at radius 3 is 2.57 bits per heavy atom. The van der Waals surface area contributed by atoms with Gasteiger partial charge in [0.25, 0.3) is 5.69 Å². The van der Waals surface area contributed by atoms with Crippen molar-refractivity contribution in [1.29, 1.82) is 0 Å². The van der Waals surface area contributed by atoms with Crippen molar-refractivity contribution >= 4 is 16.6 Å². The Balaban J connectivity index is 1.77. The lowest BCUT2D eigenvalue weighted by atomic mass is 10.1. The molecule has 0 unspecified atom stereocenters. The van der Waals surface area contributed by atoms with E-state index in [0.717, 1.165) is 18.5 Å². The van der Waals surface area contributed by atoms with E-state index in [1.165, 1.54) is 16.5 Å². The van der Waals surface area contributed by atoms with Crippen LogP contribution in [0.2, 0.25) is 0 Å². The molecule has 0 fully saturated rings. The second kappa shape index (κ2) is 5.40. The molecule has 0 saturated carbocycles. The first-order valence-electron chi connectivity index (χ1n) is 6.93. The highest BCUT2D eigenvalue weighted by molar-refractivity contribution is 5.83. The van der Waals surface area contributed by atoms with Crippen LogP contribution < -0.4 is 0 Å². The van der Waals surface area contributed by atoms with Gasteiger partial charge in [-0.05, 0) is 36.6 Å². The first-order valence-corrected chi connectivity index (χ1v) is 6.93. The second-order valence-electron chi connectivity index (χ2n) is 5.19. The summed E-state index contributed by atoms with van der Waals surface area (Å²) in [5.74, 6) is 0. The van der Waals surface area contributed by atoms with Crippen molar-refractivity contribution < 1.29 is 4.92 Å². The minimum Gasteiger partial charge on any atom is -0.347 e. The summed E-state index contributed by atoms with van der Waals surface area (Å²) >= 11 is 0. The molecular weight excluding hydrogens is 264 g/mol. The Morgan fingerprint density at radius 2 is 1.86 bits per heavy atom. The Hall–Kier alpha value is -2.62. The fourth-order valence-corrected chi connectivity index (χ4v) is 2.61. The molecule has 0 aliphatic heterocycles. The first-order chi connectivity index (χ1) is 10.1. The number of hydrogen-bond acceptors (Lipinski definition) is 2. The van der Waals surface area contributed by atoms with Crippen molar-refractivity contribution in [3.8, 4) is 0 Å². The van der Waals surface area contributed by atoms with Gasteiger partial charge in [-0.15, -0.1) is 0 Å². The molecule has 106 valence electrons. The van der Waals surface area contributed by atoms with Gasteiger partial charge in [0, 0.05) is 35.8 Å². The highest BCUT2D eigenvalue weighted by Gasteiger charge is 2.05. The van der Waals surface area contributed by atoms with Crippen LogP contribution in [-0.4, -0.2) is 9.49 Å². The molecule has 3 aromatic rings. The third-order valence-corrected chi connectivity index (χ3v) is 3.82. The molecule has 0 spiro atoms. The second-order valence-corrected chi connectivity index (χ2v) is 5.19. The molecule has 0 aliphatic rings. The zero-order valence-electron chi connectivity index (χ0n) is 11.8. The molecule has 4 heteroatoms. The van der Waals surface area contributed by atoms with E-state index in [9.17, 15) is 10.1 Å². The first kappa shape index (κ1) is 13.4. The van der Waals surface area contributed by atoms with Gasteiger partial charge in [0.2, 0.25) is 0 Å². The fraction of sp³-hybridized carbons (Fsp3) is 0.176. The summed E-state index contributed by atoms with van der Waals surface area (Å²) in [5, 5.41) is 11.9. The van der Waals surface area contributed by atoms with Crippen molar-refractivity contribution in [2.24, 2.45) is 0 Å². The van der Waals surface area contributed by atoms with Gasteiger partial charge in [-0.2, -0.15) is 0 Å². The van der Waals surface area contributed by atoms with E-state index in [4.69, 9.17) is 0 Å². The Morgan fingerprint density at radius 1 is 1.10 bits per heavy atom. The number of aryl methyl sites for hydroxylation is 3. The van der Waals surface area contributed by atoms with Gasteiger partial charge >= 0.3 is 0 Å². The standard InChI is InChI=1S/C17H16N2O2/c1-13-3-2-4-17-16(13)10-12-18(17)11-9-14-5-7-15(8-6-14)19(20)21/h2-8,10,12H,9,11H2,1H3. The molecule has 0 N–H and O–H groups in total. The molecule has 2 aromatic carbocycles. The minimum atomic E-state index is -0.369. The Kier molecular flexibility index (Phi) is 3.44. The summed E-state index contributed by atoms with van der Waals surface area (Å²) in [6.07, 6.45) is 2.96. The van der Waals surface area contributed by atoms with Crippen LogP contribution in [0.15, 0.2) is 54.7 Å². The van der Waals surface area contributed by atoms with Crippen LogP contribution in [0.1, 0.15) is 11.1 Å². The molecule has 0 aliphatic carbocycles. The number of hydrogen-bond donors (Lipinski definition) is 0. The lowest BCUT2D eigenvalue weighted by Crippen LogP contribution is -2.00. The average Bonchev–Trinajstić information content (AvgIpc) is 2.90. The molecule has 1 aromatic heterocycles. The minimum absolute atomic E-state index is 0.140. The van der Waals surface area contributed by atoms with Gasteiger partial charge in [0.05, 0.1) is 4.92 Å². The van der Waals surface area contributed by atoms with E-state index in [2.05, 4.69) is 42.0 Å². The molecule has 3 rings (SSSR count). The molecule has 0 radical (unpaired) electrons. The summed E-state index contributed by atoms with van der Waals surface area (Å²) < 4.78 is 2.23. The topological polar surface area (TPSA) is 48.1 Å². The fourth-order valence-electron chi connectivity index (χ4n) is 2.61. The van der Waals surface area contributed by atoms with Crippen LogP contribution >= 0.6 is 0 Å². The number of nitrogens with zero attached hydrogens (tertiary/aromatic N) is 2. The lowest BCUT2D eigenvalue weighted by molar-refractivity contribution is -0.384. The van der Waals surface area contributed by atoms with Gasteiger partial charge in [0.1, 0.15) is 0 Å². The van der Waals surface area contributed by atoms with Crippen molar-refractivity contribution in [2.75, 3.05) is 0 Å². The van der Waals surface area contributed by atoms with Crippen LogP contribution in [0.25, 0.3) is 10.9 Å². The molecule has 1 heterocycles. The van der Waals surface area contributed by atoms with Gasteiger partial charge in [-0.1, -0.05) is 24.3 Å². The zero-order valence-corrected chi connectivity index (χ0v) is 11.8. The average molecular weight is 280 g/mol. The number of aromatic nitrogens is 1. The number of rotatable bonds is 4. The van der Waals surface area contributed by atoms with Gasteiger partial charge in [-0.25, -0.2) is 0 Å². The molecule has 0 atom stereocenters. The summed E-state index contributed by atoms with van der Waals surface area (Å²) in [7, 11) is 0. The lowest BCUT2D eigenvalue weighted by Gasteiger charge is -2.06. The van der Waals surface area contributed by atoms with E-state index in [-0.39, 0.29) is 10.6 Å². The highest BCUT2D eigenvalue weighted by Crippen LogP contribution is 2.20. The molecular formula is C17H16N2O2. The predicted octanol–water partition coefficient (Wildman–Crippen LogP) is 4.10. The smallest absolute Gasteiger partial charge is 0.269 e. The van der Waals surface area contributed by atoms with E-state index < -0.39 is 0 Å². The summed E-state index contributed by atoms with van der Waals surface area (Å²) in [6.45, 7) is 2.98. The van der Waals surface area contributed by atoms with Crippen LogP contribution in [0.4, 0.5) is 5.69 Å². The zero-order chi connectivity index (χ0) is 14.8. The van der Waals surface area contributed by atoms with Crippen LogP contribution in [-0.2, 0) is 13.0 Å². The maximum Gasteiger partial charge on any atom is 0.269 e. The van der Waals surface area contributed by atoms with Crippen LogP contribution in [0.5, 0.6) is 0 Å². The van der Waals surface area contributed by atoms with E-state index in [1.54, 1.807) is 12.1 Å². The Labute approximate surface area is 122 Å². The largest absolute Gasteiger partial charge is 0.347 e. The molecule has 0 saturated heterocycles. The third-order valence-electron chi connectivity index (χ3n) is 3.82. The van der Waals surface area contributed by atoms with Crippen molar-refractivity contribution in [3.05, 3.63) is 76.0 Å². The maximum atomic E-state index is 10.6. The Bertz CT molecular complexity index is 788. The van der Waals surface area contributed by atoms with Crippen LogP contribution in [0.3, 0.4) is 0 Å². The normalized spacial score (nSPS) is 10.9. The van der Waals surface area contributed by atoms with Crippen LogP contribution in [0, 0.1) is 17.0 Å². The van der Waals surface area contributed by atoms with E-state index in [1.807, 2.05) is 12.1 Å². The van der Waals surface area contributed by atoms with Crippen molar-refractivity contribution in [3.63, 3.8) is 0 Å². The molecule has 21 heavy (non-hydrogen) atoms. The predicted molar refractivity (Wildman–Crippen MR) is 83.5 cm³/mol. The quantitative estimate of drug-likeness (QED) is 0.533.